The van der Waals surface area contributed by atoms with E-state index in [9.17, 15) is 13.2 Å². The van der Waals surface area contributed by atoms with Gasteiger partial charge in [-0.2, -0.15) is 13.2 Å². The van der Waals surface area contributed by atoms with Crippen molar-refractivity contribution < 1.29 is 23.0 Å². The van der Waals surface area contributed by atoms with Gasteiger partial charge in [0.1, 0.15) is 23.1 Å². The van der Waals surface area contributed by atoms with E-state index in [4.69, 9.17) is 33.0 Å². The molecule has 12 heteroatoms. The van der Waals surface area contributed by atoms with Crippen molar-refractivity contribution in [3.8, 4) is 27.0 Å². The third kappa shape index (κ3) is 4.08. The van der Waals surface area contributed by atoms with Gasteiger partial charge in [0.25, 0.3) is 0 Å². The zero-order valence-corrected chi connectivity index (χ0v) is 17.1. The molecule has 6 nitrogen and oxygen atoms in total. The Morgan fingerprint density at radius 1 is 1.07 bits per heavy atom. The molecule has 1 aromatic carbocycles. The van der Waals surface area contributed by atoms with Gasteiger partial charge in [0, 0.05) is 18.0 Å². The summed E-state index contributed by atoms with van der Waals surface area (Å²) < 4.78 is 45.5. The highest BCUT2D eigenvalue weighted by Crippen LogP contribution is 2.37. The lowest BCUT2D eigenvalue weighted by Gasteiger charge is -2.07. The van der Waals surface area contributed by atoms with Crippen LogP contribution in [0.1, 0.15) is 5.56 Å². The van der Waals surface area contributed by atoms with Crippen molar-refractivity contribution in [2.75, 3.05) is 13.2 Å². The summed E-state index contributed by atoms with van der Waals surface area (Å²) in [5, 5.41) is 18.2. The Morgan fingerprint density at radius 3 is 2.53 bits per heavy atom. The Balaban J connectivity index is 1.67. The third-order valence-electron chi connectivity index (χ3n) is 4.01. The molecule has 156 valence electrons. The average molecular weight is 475 g/mol. The minimum Gasteiger partial charge on any atom is -0.491 e. The Bertz CT molecular complexity index is 1230. The van der Waals surface area contributed by atoms with Crippen molar-refractivity contribution >= 4 is 40.2 Å². The quantitative estimate of drug-likeness (QED) is 0.429. The summed E-state index contributed by atoms with van der Waals surface area (Å²) >= 11 is 13.5. The predicted octanol–water partition coefficient (Wildman–Crippen LogP) is 5.22. The number of aliphatic hydroxyl groups is 1. The van der Waals surface area contributed by atoms with Crippen molar-refractivity contribution in [2.24, 2.45) is 0 Å². The lowest BCUT2D eigenvalue weighted by atomic mass is 10.2. The number of aromatic nitrogens is 4. The molecule has 3 aromatic heterocycles. The number of ether oxygens (including phenoxy) is 1. The SMILES string of the molecule is OCCOc1ccc(-c2nnc(-c3cn4cc(C(F)(F)F)cc(Cl)c4n3)s2)c(Cl)c1. The van der Waals surface area contributed by atoms with Crippen LogP contribution in [-0.4, -0.2) is 37.9 Å². The number of pyridine rings is 1. The molecule has 1 N–H and O–H groups in total. The Morgan fingerprint density at radius 2 is 1.83 bits per heavy atom. The number of hydrogen-bond acceptors (Lipinski definition) is 6. The fourth-order valence-corrected chi connectivity index (χ4v) is 4.08. The maximum Gasteiger partial charge on any atom is 0.417 e. The maximum atomic E-state index is 13.0. The number of fused-ring (bicyclic) bond motifs is 1. The van der Waals surface area contributed by atoms with E-state index in [-0.39, 0.29) is 23.9 Å². The number of hydrogen-bond donors (Lipinski definition) is 1. The van der Waals surface area contributed by atoms with Crippen LogP contribution in [0.2, 0.25) is 10.0 Å². The number of aliphatic hydroxyl groups excluding tert-OH is 1. The Labute approximate surface area is 181 Å². The van der Waals surface area contributed by atoms with Crippen LogP contribution in [0.3, 0.4) is 0 Å². The highest BCUT2D eigenvalue weighted by molar-refractivity contribution is 7.18. The summed E-state index contributed by atoms with van der Waals surface area (Å²) in [6, 6.07) is 5.81. The van der Waals surface area contributed by atoms with E-state index in [1.807, 2.05) is 0 Å². The highest BCUT2D eigenvalue weighted by atomic mass is 35.5. The molecule has 0 aliphatic carbocycles. The van der Waals surface area contributed by atoms with Gasteiger partial charge in [0.05, 0.1) is 22.2 Å². The molecule has 3 heterocycles. The second-order valence-corrected chi connectivity index (χ2v) is 7.85. The molecular formula is C18H11Cl2F3N4O2S. The Kier molecular flexibility index (Phi) is 5.58. The molecule has 0 bridgehead atoms. The molecule has 0 spiro atoms. The monoisotopic (exact) mass is 474 g/mol. The van der Waals surface area contributed by atoms with Gasteiger partial charge in [-0.1, -0.05) is 34.5 Å². The first-order valence-electron chi connectivity index (χ1n) is 8.39. The molecular weight excluding hydrogens is 464 g/mol. The van der Waals surface area contributed by atoms with Crippen molar-refractivity contribution in [3.63, 3.8) is 0 Å². The van der Waals surface area contributed by atoms with Crippen LogP contribution in [0.25, 0.3) is 26.9 Å². The van der Waals surface area contributed by atoms with Crippen molar-refractivity contribution in [1.29, 1.82) is 0 Å². The van der Waals surface area contributed by atoms with Crippen LogP contribution in [-0.2, 0) is 6.18 Å². The number of nitrogens with zero attached hydrogens (tertiary/aromatic N) is 4. The van der Waals surface area contributed by atoms with E-state index in [0.29, 0.717) is 32.0 Å². The fraction of sp³-hybridized carbons (Fsp3) is 0.167. The van der Waals surface area contributed by atoms with Crippen LogP contribution in [0.4, 0.5) is 13.2 Å². The minimum atomic E-state index is -4.53. The van der Waals surface area contributed by atoms with Gasteiger partial charge in [-0.25, -0.2) is 4.98 Å². The topological polar surface area (TPSA) is 72.5 Å². The van der Waals surface area contributed by atoms with Crippen molar-refractivity contribution in [1.82, 2.24) is 19.6 Å². The Hall–Kier alpha value is -2.40. The lowest BCUT2D eigenvalue weighted by molar-refractivity contribution is -0.137. The van der Waals surface area contributed by atoms with E-state index in [1.54, 1.807) is 18.2 Å². The first-order chi connectivity index (χ1) is 14.3. The van der Waals surface area contributed by atoms with E-state index in [0.717, 1.165) is 12.3 Å². The number of benzene rings is 1. The van der Waals surface area contributed by atoms with Crippen LogP contribution in [0, 0.1) is 0 Å². The van der Waals surface area contributed by atoms with E-state index >= 15 is 0 Å². The predicted molar refractivity (Wildman–Crippen MR) is 107 cm³/mol. The van der Waals surface area contributed by atoms with Crippen LogP contribution in [0.15, 0.2) is 36.7 Å². The standard InChI is InChI=1S/C18H11Cl2F3N4O2S/c19-12-6-10(29-4-3-28)1-2-11(12)16-25-26-17(30-16)14-8-27-7-9(18(21,22)23)5-13(20)15(27)24-14/h1-2,5-8,28H,3-4H2. The molecule has 30 heavy (non-hydrogen) atoms. The molecule has 0 amide bonds. The minimum absolute atomic E-state index is 0.118. The molecule has 0 atom stereocenters. The summed E-state index contributed by atoms with van der Waals surface area (Å²) in [6.45, 7) is 0.0255. The summed E-state index contributed by atoms with van der Waals surface area (Å²) in [7, 11) is 0. The zero-order chi connectivity index (χ0) is 21.5. The molecule has 0 saturated heterocycles. The summed E-state index contributed by atoms with van der Waals surface area (Å²) in [6.07, 6.45) is -2.20. The number of alkyl halides is 3. The number of halogens is 5. The normalized spacial score (nSPS) is 11.9. The average Bonchev–Trinajstić information content (AvgIpc) is 3.33. The summed E-state index contributed by atoms with van der Waals surface area (Å²) in [4.78, 5) is 4.28. The molecule has 4 aromatic rings. The maximum absolute atomic E-state index is 13.0. The molecule has 4 rings (SSSR count). The van der Waals surface area contributed by atoms with Crippen molar-refractivity contribution in [3.05, 3.63) is 52.3 Å². The van der Waals surface area contributed by atoms with E-state index in [1.165, 1.54) is 21.9 Å². The lowest BCUT2D eigenvalue weighted by Crippen LogP contribution is -2.06. The van der Waals surface area contributed by atoms with E-state index in [2.05, 4.69) is 15.2 Å². The fourth-order valence-electron chi connectivity index (χ4n) is 2.67. The first kappa shape index (κ1) is 20.9. The second-order valence-electron chi connectivity index (χ2n) is 6.06. The van der Waals surface area contributed by atoms with Gasteiger partial charge in [0.2, 0.25) is 0 Å². The molecule has 0 saturated carbocycles. The second kappa shape index (κ2) is 8.03. The molecule has 0 aliphatic heterocycles. The smallest absolute Gasteiger partial charge is 0.417 e. The highest BCUT2D eigenvalue weighted by Gasteiger charge is 2.32. The molecule has 0 unspecified atom stereocenters. The van der Waals surface area contributed by atoms with Crippen molar-refractivity contribution in [2.45, 2.75) is 6.18 Å². The van der Waals surface area contributed by atoms with Gasteiger partial charge >= 0.3 is 6.18 Å². The molecule has 0 fully saturated rings. The van der Waals surface area contributed by atoms with Crippen LogP contribution >= 0.6 is 34.5 Å². The molecule has 0 radical (unpaired) electrons. The van der Waals surface area contributed by atoms with Gasteiger partial charge < -0.3 is 14.2 Å². The van der Waals surface area contributed by atoms with Gasteiger partial charge in [-0.15, -0.1) is 10.2 Å². The summed E-state index contributed by atoms with van der Waals surface area (Å²) in [5.74, 6) is 0.498. The first-order valence-corrected chi connectivity index (χ1v) is 9.96. The van der Waals surface area contributed by atoms with Gasteiger partial charge in [-0.3, -0.25) is 0 Å². The van der Waals surface area contributed by atoms with Gasteiger partial charge in [0.15, 0.2) is 10.7 Å². The number of rotatable bonds is 5. The third-order valence-corrected chi connectivity index (χ3v) is 5.58. The largest absolute Gasteiger partial charge is 0.491 e. The molecule has 0 aliphatic rings. The summed E-state index contributed by atoms with van der Waals surface area (Å²) in [5.41, 5.74) is 0.244. The van der Waals surface area contributed by atoms with E-state index < -0.39 is 11.7 Å². The van der Waals surface area contributed by atoms with Gasteiger partial charge in [-0.05, 0) is 24.3 Å². The van der Waals surface area contributed by atoms with Crippen LogP contribution < -0.4 is 4.74 Å². The zero-order valence-electron chi connectivity index (χ0n) is 14.8. The number of imidazole rings is 1. The van der Waals surface area contributed by atoms with Crippen LogP contribution in [0.5, 0.6) is 5.75 Å².